The first-order chi connectivity index (χ1) is 7.81. The summed E-state index contributed by atoms with van der Waals surface area (Å²) in [4.78, 5) is 18.2. The van der Waals surface area contributed by atoms with E-state index in [1.54, 1.807) is 18.5 Å². The molecule has 1 aliphatic carbocycles. The highest BCUT2D eigenvalue weighted by Gasteiger charge is 2.53. The van der Waals surface area contributed by atoms with Crippen molar-refractivity contribution in [2.24, 2.45) is 11.7 Å². The third kappa shape index (κ3) is 1.41. The summed E-state index contributed by atoms with van der Waals surface area (Å²) in [5.74, 6) is 0.794. The Bertz CT molecular complexity index is 406. The van der Waals surface area contributed by atoms with Gasteiger partial charge >= 0.3 is 0 Å². The lowest BCUT2D eigenvalue weighted by Gasteiger charge is -2.26. The van der Waals surface area contributed by atoms with E-state index in [2.05, 4.69) is 4.98 Å². The highest BCUT2D eigenvalue weighted by atomic mass is 16.2. The molecule has 2 N–H and O–H groups in total. The number of piperidine rings is 1. The van der Waals surface area contributed by atoms with Gasteiger partial charge in [-0.05, 0) is 30.9 Å². The van der Waals surface area contributed by atoms with Gasteiger partial charge in [0, 0.05) is 31.0 Å². The molecule has 3 atom stereocenters. The molecule has 1 aromatic rings. The maximum atomic E-state index is 12.3. The molecule has 2 heterocycles. The fourth-order valence-electron chi connectivity index (χ4n) is 2.72. The van der Waals surface area contributed by atoms with Crippen molar-refractivity contribution in [2.75, 3.05) is 6.54 Å². The molecule has 2 fully saturated rings. The number of carbonyl (C=O) groups excluding carboxylic acids is 1. The van der Waals surface area contributed by atoms with Gasteiger partial charge in [-0.2, -0.15) is 0 Å². The molecule has 16 heavy (non-hydrogen) atoms. The number of rotatable bonds is 2. The molecule has 1 aromatic heterocycles. The van der Waals surface area contributed by atoms with Crippen LogP contribution in [0.2, 0.25) is 0 Å². The van der Waals surface area contributed by atoms with Crippen molar-refractivity contribution in [2.45, 2.75) is 24.9 Å². The zero-order chi connectivity index (χ0) is 11.1. The fraction of sp³-hybridized carbons (Fsp3) is 0.500. The van der Waals surface area contributed by atoms with Crippen LogP contribution in [0.1, 0.15) is 23.2 Å². The summed E-state index contributed by atoms with van der Waals surface area (Å²) in [5, 5.41) is 0. The first kappa shape index (κ1) is 9.78. The number of nitrogens with two attached hydrogens (primary N) is 1. The lowest BCUT2D eigenvalue weighted by Crippen LogP contribution is -2.42. The molecular formula is C12H15N3O. The molecule has 0 radical (unpaired) electrons. The molecular weight excluding hydrogens is 202 g/mol. The van der Waals surface area contributed by atoms with Crippen LogP contribution in [-0.2, 0) is 0 Å². The zero-order valence-corrected chi connectivity index (χ0v) is 9.04. The van der Waals surface area contributed by atoms with Crippen LogP contribution < -0.4 is 5.73 Å². The van der Waals surface area contributed by atoms with Gasteiger partial charge in [0.05, 0.1) is 5.56 Å². The van der Waals surface area contributed by atoms with Crippen LogP contribution in [0.3, 0.4) is 0 Å². The number of hydrogen-bond acceptors (Lipinski definition) is 3. The van der Waals surface area contributed by atoms with Crippen LogP contribution >= 0.6 is 0 Å². The molecule has 0 bridgehead atoms. The van der Waals surface area contributed by atoms with Gasteiger partial charge in [0.25, 0.3) is 5.91 Å². The van der Waals surface area contributed by atoms with Crippen LogP contribution in [0.25, 0.3) is 0 Å². The minimum Gasteiger partial charge on any atom is -0.331 e. The lowest BCUT2D eigenvalue weighted by molar-refractivity contribution is 0.0705. The quantitative estimate of drug-likeness (QED) is 0.791. The van der Waals surface area contributed by atoms with Crippen molar-refractivity contribution in [3.05, 3.63) is 30.1 Å². The second kappa shape index (κ2) is 3.56. The molecule has 3 rings (SSSR count). The van der Waals surface area contributed by atoms with Gasteiger partial charge in [0.15, 0.2) is 0 Å². The molecule has 1 amide bonds. The standard InChI is InChI=1S/C12H15N3O/c13-6-10-4-9-5-11(9)15(10)12(16)8-2-1-3-14-7-8/h1-3,7,9-11H,4-6,13H2. The molecule has 1 saturated carbocycles. The van der Waals surface area contributed by atoms with E-state index in [4.69, 9.17) is 5.73 Å². The summed E-state index contributed by atoms with van der Waals surface area (Å²) < 4.78 is 0. The second-order valence-corrected chi connectivity index (χ2v) is 4.64. The van der Waals surface area contributed by atoms with Gasteiger partial charge in [0.1, 0.15) is 0 Å². The Morgan fingerprint density at radius 1 is 1.56 bits per heavy atom. The Labute approximate surface area is 94.5 Å². The minimum absolute atomic E-state index is 0.0913. The van der Waals surface area contributed by atoms with Crippen LogP contribution in [0.5, 0.6) is 0 Å². The number of likely N-dealkylation sites (tertiary alicyclic amines) is 1. The van der Waals surface area contributed by atoms with E-state index in [-0.39, 0.29) is 11.9 Å². The Morgan fingerprint density at radius 3 is 3.12 bits per heavy atom. The van der Waals surface area contributed by atoms with E-state index in [9.17, 15) is 4.79 Å². The third-order valence-corrected chi connectivity index (χ3v) is 3.63. The molecule has 4 nitrogen and oxygen atoms in total. The SMILES string of the molecule is NCC1CC2CC2N1C(=O)c1cccnc1. The molecule has 0 spiro atoms. The molecule has 1 aliphatic heterocycles. The van der Waals surface area contributed by atoms with Crippen molar-refractivity contribution in [3.63, 3.8) is 0 Å². The molecule has 84 valence electrons. The van der Waals surface area contributed by atoms with E-state index < -0.39 is 0 Å². The van der Waals surface area contributed by atoms with E-state index in [1.165, 1.54) is 0 Å². The highest BCUT2D eigenvalue weighted by Crippen LogP contribution is 2.47. The van der Waals surface area contributed by atoms with Crippen LogP contribution in [0.15, 0.2) is 24.5 Å². The summed E-state index contributed by atoms with van der Waals surface area (Å²) in [7, 11) is 0. The van der Waals surface area contributed by atoms with E-state index >= 15 is 0 Å². The summed E-state index contributed by atoms with van der Waals surface area (Å²) in [6.45, 7) is 0.568. The Kier molecular flexibility index (Phi) is 2.17. The van der Waals surface area contributed by atoms with Crippen molar-refractivity contribution >= 4 is 5.91 Å². The monoisotopic (exact) mass is 217 g/mol. The predicted molar refractivity (Wildman–Crippen MR) is 59.8 cm³/mol. The number of amides is 1. The number of pyridine rings is 1. The van der Waals surface area contributed by atoms with E-state index in [1.807, 2.05) is 11.0 Å². The van der Waals surface area contributed by atoms with E-state index in [0.717, 1.165) is 12.8 Å². The van der Waals surface area contributed by atoms with Crippen LogP contribution in [0, 0.1) is 5.92 Å². The minimum atomic E-state index is 0.0913. The number of fused-ring (bicyclic) bond motifs is 1. The van der Waals surface area contributed by atoms with Crippen molar-refractivity contribution in [1.29, 1.82) is 0 Å². The van der Waals surface area contributed by atoms with Gasteiger partial charge in [-0.3, -0.25) is 9.78 Å². The molecule has 3 unspecified atom stereocenters. The number of aromatic nitrogens is 1. The summed E-state index contributed by atoms with van der Waals surface area (Å²) >= 11 is 0. The van der Waals surface area contributed by atoms with Crippen LogP contribution in [0.4, 0.5) is 0 Å². The van der Waals surface area contributed by atoms with Gasteiger partial charge in [-0.25, -0.2) is 0 Å². The normalized spacial score (nSPS) is 31.3. The Balaban J connectivity index is 1.84. The number of nitrogens with zero attached hydrogens (tertiary/aromatic N) is 2. The predicted octanol–water partition coefficient (Wildman–Crippen LogP) is 0.643. The number of hydrogen-bond donors (Lipinski definition) is 1. The van der Waals surface area contributed by atoms with Crippen molar-refractivity contribution < 1.29 is 4.79 Å². The fourth-order valence-corrected chi connectivity index (χ4v) is 2.72. The van der Waals surface area contributed by atoms with Crippen molar-refractivity contribution in [3.8, 4) is 0 Å². The maximum absolute atomic E-state index is 12.3. The smallest absolute Gasteiger partial charge is 0.255 e. The molecule has 1 saturated heterocycles. The van der Waals surface area contributed by atoms with Crippen LogP contribution in [-0.4, -0.2) is 34.4 Å². The lowest BCUT2D eigenvalue weighted by atomic mass is 10.1. The van der Waals surface area contributed by atoms with Gasteiger partial charge < -0.3 is 10.6 Å². The first-order valence-electron chi connectivity index (χ1n) is 5.74. The average Bonchev–Trinajstić information content (AvgIpc) is 3.01. The highest BCUT2D eigenvalue weighted by molar-refractivity contribution is 5.94. The first-order valence-corrected chi connectivity index (χ1v) is 5.74. The summed E-state index contributed by atoms with van der Waals surface area (Å²) in [5.41, 5.74) is 6.39. The number of carbonyl (C=O) groups is 1. The summed E-state index contributed by atoms with van der Waals surface area (Å²) in [6, 6.07) is 4.29. The van der Waals surface area contributed by atoms with Gasteiger partial charge in [-0.1, -0.05) is 0 Å². The topological polar surface area (TPSA) is 59.2 Å². The Morgan fingerprint density at radius 2 is 2.44 bits per heavy atom. The maximum Gasteiger partial charge on any atom is 0.255 e. The van der Waals surface area contributed by atoms with Gasteiger partial charge in [-0.15, -0.1) is 0 Å². The second-order valence-electron chi connectivity index (χ2n) is 4.64. The molecule has 0 aromatic carbocycles. The molecule has 4 heteroatoms. The average molecular weight is 217 g/mol. The third-order valence-electron chi connectivity index (χ3n) is 3.63. The molecule has 2 aliphatic rings. The summed E-state index contributed by atoms with van der Waals surface area (Å²) in [6.07, 6.45) is 5.54. The zero-order valence-electron chi connectivity index (χ0n) is 9.04. The van der Waals surface area contributed by atoms with Gasteiger partial charge in [0.2, 0.25) is 0 Å². The van der Waals surface area contributed by atoms with E-state index in [0.29, 0.717) is 24.1 Å². The largest absolute Gasteiger partial charge is 0.331 e. The van der Waals surface area contributed by atoms with Crippen molar-refractivity contribution in [1.82, 2.24) is 9.88 Å². The Hall–Kier alpha value is -1.42.